The van der Waals surface area contributed by atoms with Gasteiger partial charge in [-0.25, -0.2) is 14.4 Å². The third kappa shape index (κ3) is 3.33. The first-order valence-electron chi connectivity index (χ1n) is 9.16. The number of fused-ring (bicyclic) bond motifs is 2. The van der Waals surface area contributed by atoms with Crippen LogP contribution in [0.15, 0.2) is 46.7 Å². The van der Waals surface area contributed by atoms with Crippen LogP contribution in [-0.4, -0.2) is 43.8 Å². The summed E-state index contributed by atoms with van der Waals surface area (Å²) in [6.45, 7) is 5.31. The van der Waals surface area contributed by atoms with Gasteiger partial charge < -0.3 is 24.8 Å². The van der Waals surface area contributed by atoms with Gasteiger partial charge in [0.1, 0.15) is 6.04 Å². The smallest absolute Gasteiger partial charge is 0.340 e. The molecule has 0 bridgehead atoms. The Morgan fingerprint density at radius 2 is 1.36 bits per heavy atom. The third-order valence-electron chi connectivity index (χ3n) is 4.32. The van der Waals surface area contributed by atoms with E-state index in [0.717, 1.165) is 5.69 Å². The Morgan fingerprint density at radius 3 is 1.96 bits per heavy atom. The van der Waals surface area contributed by atoms with Gasteiger partial charge in [0, 0.05) is 0 Å². The Bertz CT molecular complexity index is 886. The van der Waals surface area contributed by atoms with Gasteiger partial charge in [0.25, 0.3) is 0 Å². The maximum Gasteiger partial charge on any atom is 0.340 e. The number of nitrogens with one attached hydrogen (secondary N) is 2. The van der Waals surface area contributed by atoms with Crippen molar-refractivity contribution < 1.29 is 28.6 Å². The van der Waals surface area contributed by atoms with Gasteiger partial charge >= 0.3 is 17.9 Å². The first kappa shape index (κ1) is 19.5. The molecule has 0 saturated heterocycles. The van der Waals surface area contributed by atoms with E-state index in [-0.39, 0.29) is 36.5 Å². The molecule has 0 amide bonds. The second-order valence-corrected chi connectivity index (χ2v) is 5.99. The molecule has 1 aromatic rings. The van der Waals surface area contributed by atoms with Crippen molar-refractivity contribution in [2.45, 2.75) is 26.8 Å². The molecule has 0 radical (unpaired) electrons. The lowest BCUT2D eigenvalue weighted by atomic mass is 10.0. The predicted octanol–water partition coefficient (Wildman–Crippen LogP) is 2.15. The first-order valence-corrected chi connectivity index (χ1v) is 9.16. The zero-order valence-electron chi connectivity index (χ0n) is 16.0. The molecule has 8 heteroatoms. The van der Waals surface area contributed by atoms with Crippen molar-refractivity contribution >= 4 is 29.3 Å². The fourth-order valence-corrected chi connectivity index (χ4v) is 3.26. The summed E-state index contributed by atoms with van der Waals surface area (Å²) in [6, 6.07) is 6.56. The quantitative estimate of drug-likeness (QED) is 0.566. The number of hydrogen-bond acceptors (Lipinski definition) is 8. The monoisotopic (exact) mass is 386 g/mol. The summed E-state index contributed by atoms with van der Waals surface area (Å²) in [5.41, 5.74) is 1.68. The lowest BCUT2D eigenvalue weighted by molar-refractivity contribution is -0.143. The first-order chi connectivity index (χ1) is 13.5. The van der Waals surface area contributed by atoms with Crippen LogP contribution >= 0.6 is 0 Å². The van der Waals surface area contributed by atoms with E-state index in [1.54, 1.807) is 20.8 Å². The molecule has 1 heterocycles. The molecule has 148 valence electrons. The molecule has 1 aliphatic heterocycles. The predicted molar refractivity (Wildman–Crippen MR) is 101 cm³/mol. The summed E-state index contributed by atoms with van der Waals surface area (Å²) >= 11 is 0. The van der Waals surface area contributed by atoms with Crippen LogP contribution < -0.4 is 10.6 Å². The molecule has 3 rings (SSSR count). The molecule has 1 aromatic carbocycles. The van der Waals surface area contributed by atoms with Gasteiger partial charge in [-0.15, -0.1) is 0 Å². The van der Waals surface area contributed by atoms with Crippen LogP contribution in [0.4, 0.5) is 11.4 Å². The molecule has 0 fully saturated rings. The number of ether oxygens (including phenoxy) is 3. The van der Waals surface area contributed by atoms with Gasteiger partial charge in [0.2, 0.25) is 0 Å². The fourth-order valence-electron chi connectivity index (χ4n) is 3.26. The van der Waals surface area contributed by atoms with Gasteiger partial charge in [-0.3, -0.25) is 0 Å². The number of carbonyl (C=O) groups is 3. The highest BCUT2D eigenvalue weighted by Crippen LogP contribution is 2.42. The Hall–Kier alpha value is -3.29. The number of carbonyl (C=O) groups excluding carboxylic acids is 3. The van der Waals surface area contributed by atoms with E-state index in [4.69, 9.17) is 14.2 Å². The minimum absolute atomic E-state index is 0.0182. The van der Waals surface area contributed by atoms with Gasteiger partial charge in [-0.05, 0) is 32.9 Å². The van der Waals surface area contributed by atoms with Gasteiger partial charge in [-0.2, -0.15) is 0 Å². The van der Waals surface area contributed by atoms with Crippen LogP contribution in [0.2, 0.25) is 0 Å². The number of hydrogen-bond donors (Lipinski definition) is 2. The summed E-state index contributed by atoms with van der Waals surface area (Å²) in [5, 5.41) is 6.37. The standard InChI is InChI=1S/C20H22N2O6/c1-4-26-18(23)13-14(19(24)27-5-2)16-17(15(13)20(25)28-6-3)22-12-10-8-7-9-11(12)21-16/h7-10,16,21-22H,4-6H2,1-3H3. The van der Waals surface area contributed by atoms with Crippen LogP contribution in [0.5, 0.6) is 0 Å². The summed E-state index contributed by atoms with van der Waals surface area (Å²) in [7, 11) is 0. The minimum Gasteiger partial charge on any atom is -0.463 e. The molecule has 1 unspecified atom stereocenters. The summed E-state index contributed by atoms with van der Waals surface area (Å²) in [5.74, 6) is -2.18. The average molecular weight is 386 g/mol. The van der Waals surface area contributed by atoms with Crippen LogP contribution in [0.25, 0.3) is 0 Å². The molecule has 2 aliphatic rings. The second kappa shape index (κ2) is 8.16. The highest BCUT2D eigenvalue weighted by Gasteiger charge is 2.46. The molecule has 0 spiro atoms. The van der Waals surface area contributed by atoms with Crippen molar-refractivity contribution in [2.75, 3.05) is 30.5 Å². The van der Waals surface area contributed by atoms with E-state index < -0.39 is 23.9 Å². The zero-order valence-corrected chi connectivity index (χ0v) is 16.0. The molecule has 0 aromatic heterocycles. The third-order valence-corrected chi connectivity index (χ3v) is 4.32. The van der Waals surface area contributed by atoms with Crippen LogP contribution in [0.3, 0.4) is 0 Å². The van der Waals surface area contributed by atoms with Crippen molar-refractivity contribution in [3.8, 4) is 0 Å². The molecule has 1 atom stereocenters. The van der Waals surface area contributed by atoms with Crippen molar-refractivity contribution in [1.29, 1.82) is 0 Å². The molecular weight excluding hydrogens is 364 g/mol. The maximum atomic E-state index is 12.7. The largest absolute Gasteiger partial charge is 0.463 e. The maximum absolute atomic E-state index is 12.7. The van der Waals surface area contributed by atoms with E-state index in [0.29, 0.717) is 11.4 Å². The van der Waals surface area contributed by atoms with Crippen molar-refractivity contribution in [3.05, 3.63) is 46.7 Å². The van der Waals surface area contributed by atoms with E-state index >= 15 is 0 Å². The van der Waals surface area contributed by atoms with Crippen LogP contribution in [0.1, 0.15) is 20.8 Å². The topological polar surface area (TPSA) is 103 Å². The normalized spacial score (nSPS) is 17.2. The van der Waals surface area contributed by atoms with Crippen molar-refractivity contribution in [3.63, 3.8) is 0 Å². The van der Waals surface area contributed by atoms with Crippen LogP contribution in [-0.2, 0) is 28.6 Å². The van der Waals surface area contributed by atoms with Crippen molar-refractivity contribution in [1.82, 2.24) is 0 Å². The van der Waals surface area contributed by atoms with Crippen molar-refractivity contribution in [2.24, 2.45) is 0 Å². The lowest BCUT2D eigenvalue weighted by Crippen LogP contribution is -2.34. The number of para-hydroxylation sites is 2. The summed E-state index contributed by atoms with van der Waals surface area (Å²) < 4.78 is 15.4. The number of anilines is 2. The minimum atomic E-state index is -0.775. The Morgan fingerprint density at radius 1 is 0.821 bits per heavy atom. The van der Waals surface area contributed by atoms with E-state index in [2.05, 4.69) is 10.6 Å². The summed E-state index contributed by atoms with van der Waals surface area (Å²) in [4.78, 5) is 38.2. The summed E-state index contributed by atoms with van der Waals surface area (Å²) in [6.07, 6.45) is 0. The Labute approximate surface area is 162 Å². The molecule has 8 nitrogen and oxygen atoms in total. The molecule has 0 saturated carbocycles. The number of esters is 3. The van der Waals surface area contributed by atoms with Gasteiger partial charge in [0.05, 0.1) is 53.6 Å². The second-order valence-electron chi connectivity index (χ2n) is 5.99. The lowest BCUT2D eigenvalue weighted by Gasteiger charge is -2.29. The van der Waals surface area contributed by atoms with E-state index in [1.807, 2.05) is 24.3 Å². The van der Waals surface area contributed by atoms with E-state index in [1.165, 1.54) is 0 Å². The molecule has 28 heavy (non-hydrogen) atoms. The molecular formula is C20H22N2O6. The average Bonchev–Trinajstić information content (AvgIpc) is 3.01. The van der Waals surface area contributed by atoms with Gasteiger partial charge in [0.15, 0.2) is 0 Å². The molecule has 1 aliphatic carbocycles. The number of benzene rings is 1. The Balaban J connectivity index is 2.20. The highest BCUT2D eigenvalue weighted by molar-refractivity contribution is 6.16. The Kier molecular flexibility index (Phi) is 5.67. The highest BCUT2D eigenvalue weighted by atomic mass is 16.5. The van der Waals surface area contributed by atoms with Gasteiger partial charge in [-0.1, -0.05) is 12.1 Å². The number of rotatable bonds is 6. The SMILES string of the molecule is CCOC(=O)C1=C2Nc3ccccc3NC2C(C(=O)OCC)=C1C(=O)OCC. The zero-order chi connectivity index (χ0) is 20.3. The molecule has 2 N–H and O–H groups in total. The fraction of sp³-hybridized carbons (Fsp3) is 0.350. The van der Waals surface area contributed by atoms with E-state index in [9.17, 15) is 14.4 Å². The van der Waals surface area contributed by atoms with Crippen LogP contribution in [0, 0.1) is 0 Å².